The first-order valence-corrected chi connectivity index (χ1v) is 7.34. The van der Waals surface area contributed by atoms with Crippen molar-refractivity contribution in [1.82, 2.24) is 10.2 Å². The molecule has 0 aliphatic rings. The fraction of sp³-hybridized carbons (Fsp3) is 0.222. The van der Waals surface area contributed by atoms with Gasteiger partial charge in [0.2, 0.25) is 0 Å². The van der Waals surface area contributed by atoms with E-state index in [1.165, 1.54) is 24.1 Å². The molecule has 0 radical (unpaired) electrons. The zero-order chi connectivity index (χ0) is 17.7. The number of ether oxygens (including phenoxy) is 1. The Bertz CT molecular complexity index is 742. The molecule has 0 fully saturated rings. The highest BCUT2D eigenvalue weighted by Gasteiger charge is 2.11. The Hall–Kier alpha value is -2.89. The fourth-order valence-electron chi connectivity index (χ4n) is 2.12. The van der Waals surface area contributed by atoms with Crippen LogP contribution < -0.4 is 10.1 Å². The summed E-state index contributed by atoms with van der Waals surface area (Å²) >= 11 is 0. The van der Waals surface area contributed by atoms with E-state index < -0.39 is 5.82 Å². The van der Waals surface area contributed by atoms with Crippen molar-refractivity contribution in [1.29, 1.82) is 0 Å². The Morgan fingerprint density at radius 1 is 1.08 bits per heavy atom. The number of nitrogens with zero attached hydrogens (tertiary/aromatic N) is 1. The molecule has 0 bridgehead atoms. The van der Waals surface area contributed by atoms with E-state index in [0.717, 1.165) is 11.6 Å². The van der Waals surface area contributed by atoms with Crippen molar-refractivity contribution in [3.63, 3.8) is 0 Å². The van der Waals surface area contributed by atoms with Crippen LogP contribution in [0.3, 0.4) is 0 Å². The second-order valence-corrected chi connectivity index (χ2v) is 5.43. The molecule has 24 heavy (non-hydrogen) atoms. The van der Waals surface area contributed by atoms with Crippen molar-refractivity contribution in [3.05, 3.63) is 65.0 Å². The van der Waals surface area contributed by atoms with Crippen LogP contribution in [-0.4, -0.2) is 37.9 Å². The van der Waals surface area contributed by atoms with E-state index >= 15 is 0 Å². The number of hydrogen-bond acceptors (Lipinski definition) is 3. The average molecular weight is 330 g/mol. The lowest BCUT2D eigenvalue weighted by molar-refractivity contribution is 0.0827. The molecule has 0 saturated carbocycles. The molecule has 5 nitrogen and oxygen atoms in total. The van der Waals surface area contributed by atoms with E-state index in [-0.39, 0.29) is 29.7 Å². The molecule has 2 rings (SSSR count). The van der Waals surface area contributed by atoms with Gasteiger partial charge < -0.3 is 15.0 Å². The minimum absolute atomic E-state index is 0.0840. The quantitative estimate of drug-likeness (QED) is 0.916. The zero-order valence-corrected chi connectivity index (χ0v) is 13.8. The molecule has 0 heterocycles. The van der Waals surface area contributed by atoms with Crippen LogP contribution in [-0.2, 0) is 6.54 Å². The molecule has 1 N–H and O–H groups in total. The van der Waals surface area contributed by atoms with E-state index in [4.69, 9.17) is 4.74 Å². The molecule has 2 aromatic carbocycles. The summed E-state index contributed by atoms with van der Waals surface area (Å²) in [4.78, 5) is 25.4. The van der Waals surface area contributed by atoms with Gasteiger partial charge in [-0.3, -0.25) is 9.59 Å². The lowest BCUT2D eigenvalue weighted by Crippen LogP contribution is -2.23. The molecule has 0 spiro atoms. The highest BCUT2D eigenvalue weighted by molar-refractivity contribution is 5.94. The molecule has 0 aliphatic carbocycles. The van der Waals surface area contributed by atoms with E-state index in [1.807, 2.05) is 0 Å². The Morgan fingerprint density at radius 3 is 2.25 bits per heavy atom. The standard InChI is InChI=1S/C18H19FN2O3/c1-21(2)18(23)13-6-4-12(5-7-13)11-20-17(22)14-8-9-16(24-3)15(19)10-14/h4-10H,11H2,1-3H3,(H,20,22). The Labute approximate surface area is 140 Å². The van der Waals surface area contributed by atoms with Crippen molar-refractivity contribution >= 4 is 11.8 Å². The number of benzene rings is 2. The Morgan fingerprint density at radius 2 is 1.71 bits per heavy atom. The molecule has 126 valence electrons. The number of methoxy groups -OCH3 is 1. The predicted octanol–water partition coefficient (Wildman–Crippen LogP) is 2.47. The molecule has 0 saturated heterocycles. The summed E-state index contributed by atoms with van der Waals surface area (Å²) in [5, 5.41) is 2.71. The van der Waals surface area contributed by atoms with Gasteiger partial charge in [-0.25, -0.2) is 4.39 Å². The van der Waals surface area contributed by atoms with Crippen LogP contribution in [0.5, 0.6) is 5.75 Å². The lowest BCUT2D eigenvalue weighted by Gasteiger charge is -2.11. The van der Waals surface area contributed by atoms with Crippen LogP contribution in [0.4, 0.5) is 4.39 Å². The van der Waals surface area contributed by atoms with Gasteiger partial charge in [-0.1, -0.05) is 12.1 Å². The maximum absolute atomic E-state index is 13.6. The van der Waals surface area contributed by atoms with Gasteiger partial charge in [-0.15, -0.1) is 0 Å². The van der Waals surface area contributed by atoms with Gasteiger partial charge >= 0.3 is 0 Å². The summed E-state index contributed by atoms with van der Waals surface area (Å²) in [5.41, 5.74) is 1.63. The number of amides is 2. The number of rotatable bonds is 5. The molecule has 2 amide bonds. The highest BCUT2D eigenvalue weighted by atomic mass is 19.1. The monoisotopic (exact) mass is 330 g/mol. The van der Waals surface area contributed by atoms with Gasteiger partial charge in [-0.2, -0.15) is 0 Å². The first-order chi connectivity index (χ1) is 11.4. The lowest BCUT2D eigenvalue weighted by atomic mass is 10.1. The third-order valence-corrected chi connectivity index (χ3v) is 3.47. The average Bonchev–Trinajstić information content (AvgIpc) is 2.59. The van der Waals surface area contributed by atoms with Crippen LogP contribution in [0.15, 0.2) is 42.5 Å². The number of nitrogens with one attached hydrogen (secondary N) is 1. The van der Waals surface area contributed by atoms with Gasteiger partial charge in [0.15, 0.2) is 11.6 Å². The maximum Gasteiger partial charge on any atom is 0.253 e. The van der Waals surface area contributed by atoms with Crippen LogP contribution in [0.1, 0.15) is 26.3 Å². The minimum Gasteiger partial charge on any atom is -0.494 e. The maximum atomic E-state index is 13.6. The van der Waals surface area contributed by atoms with Gasteiger partial charge in [0.05, 0.1) is 7.11 Å². The number of hydrogen-bond donors (Lipinski definition) is 1. The van der Waals surface area contributed by atoms with Crippen LogP contribution in [0.25, 0.3) is 0 Å². The van der Waals surface area contributed by atoms with Gasteiger partial charge in [0, 0.05) is 31.8 Å². The number of carbonyl (C=O) groups is 2. The van der Waals surface area contributed by atoms with Gasteiger partial charge in [-0.05, 0) is 35.9 Å². The normalized spacial score (nSPS) is 10.2. The summed E-state index contributed by atoms with van der Waals surface area (Å²) in [6.07, 6.45) is 0. The topological polar surface area (TPSA) is 58.6 Å². The molecular formula is C18H19FN2O3. The van der Waals surface area contributed by atoms with Crippen molar-refractivity contribution in [2.45, 2.75) is 6.54 Å². The largest absolute Gasteiger partial charge is 0.494 e. The molecule has 0 atom stereocenters. The third-order valence-electron chi connectivity index (χ3n) is 3.47. The smallest absolute Gasteiger partial charge is 0.253 e. The van der Waals surface area contributed by atoms with Crippen molar-refractivity contribution in [3.8, 4) is 5.75 Å². The number of carbonyl (C=O) groups excluding carboxylic acids is 2. The van der Waals surface area contributed by atoms with E-state index in [2.05, 4.69) is 5.32 Å². The second-order valence-electron chi connectivity index (χ2n) is 5.43. The number of halogens is 1. The summed E-state index contributed by atoms with van der Waals surface area (Å²) in [6.45, 7) is 0.281. The molecule has 0 unspecified atom stereocenters. The molecular weight excluding hydrogens is 311 g/mol. The van der Waals surface area contributed by atoms with E-state index in [0.29, 0.717) is 5.56 Å². The SMILES string of the molecule is COc1ccc(C(=O)NCc2ccc(C(=O)N(C)C)cc2)cc1F. The predicted molar refractivity (Wildman–Crippen MR) is 88.6 cm³/mol. The van der Waals surface area contributed by atoms with Crippen molar-refractivity contribution in [2.75, 3.05) is 21.2 Å². The Kier molecular flexibility index (Phi) is 5.52. The van der Waals surface area contributed by atoms with Gasteiger partial charge in [0.25, 0.3) is 11.8 Å². The second kappa shape index (κ2) is 7.59. The van der Waals surface area contributed by atoms with E-state index in [1.54, 1.807) is 38.4 Å². The minimum atomic E-state index is -0.586. The summed E-state index contributed by atoms with van der Waals surface area (Å²) in [5.74, 6) is -0.964. The fourth-order valence-corrected chi connectivity index (χ4v) is 2.12. The first-order valence-electron chi connectivity index (χ1n) is 7.34. The van der Waals surface area contributed by atoms with Crippen LogP contribution in [0.2, 0.25) is 0 Å². The highest BCUT2D eigenvalue weighted by Crippen LogP contribution is 2.17. The Balaban J connectivity index is 1.99. The third kappa shape index (κ3) is 4.10. The molecule has 0 aromatic heterocycles. The van der Waals surface area contributed by atoms with E-state index in [9.17, 15) is 14.0 Å². The zero-order valence-electron chi connectivity index (χ0n) is 13.8. The van der Waals surface area contributed by atoms with Crippen LogP contribution >= 0.6 is 0 Å². The van der Waals surface area contributed by atoms with Gasteiger partial charge in [0.1, 0.15) is 0 Å². The molecule has 0 aliphatic heterocycles. The summed E-state index contributed by atoms with van der Waals surface area (Å²) in [6, 6.07) is 11.0. The molecule has 6 heteroatoms. The summed E-state index contributed by atoms with van der Waals surface area (Å²) in [7, 11) is 4.73. The first kappa shape index (κ1) is 17.5. The van der Waals surface area contributed by atoms with Crippen molar-refractivity contribution < 1.29 is 18.7 Å². The molecule has 2 aromatic rings. The summed E-state index contributed by atoms with van der Waals surface area (Å²) < 4.78 is 18.4. The van der Waals surface area contributed by atoms with Crippen molar-refractivity contribution in [2.24, 2.45) is 0 Å². The van der Waals surface area contributed by atoms with Crippen LogP contribution in [0, 0.1) is 5.82 Å².